The first-order valence-corrected chi connectivity index (χ1v) is 6.14. The molecule has 1 aromatic carbocycles. The maximum Gasteiger partial charge on any atom is 0.416 e. The van der Waals surface area contributed by atoms with Gasteiger partial charge in [-0.15, -0.1) is 0 Å². The van der Waals surface area contributed by atoms with Crippen molar-refractivity contribution in [3.05, 3.63) is 48.0 Å². The first-order valence-electron chi connectivity index (χ1n) is 6.14. The molecule has 0 aliphatic heterocycles. The quantitative estimate of drug-likeness (QED) is 0.899. The molecule has 2 atom stereocenters. The van der Waals surface area contributed by atoms with E-state index in [1.165, 1.54) is 24.3 Å². The van der Waals surface area contributed by atoms with E-state index in [-0.39, 0.29) is 12.1 Å². The van der Waals surface area contributed by atoms with Crippen molar-refractivity contribution in [2.45, 2.75) is 31.3 Å². The maximum atomic E-state index is 12.5. The van der Waals surface area contributed by atoms with Crippen LogP contribution in [0.15, 0.2) is 36.9 Å². The van der Waals surface area contributed by atoms with E-state index < -0.39 is 23.4 Å². The van der Waals surface area contributed by atoms with Gasteiger partial charge in [0.1, 0.15) is 18.3 Å². The van der Waals surface area contributed by atoms with Crippen LogP contribution in [-0.2, 0) is 18.3 Å². The molecule has 0 bridgehead atoms. The Morgan fingerprint density at radius 1 is 1.19 bits per heavy atom. The molecule has 0 fully saturated rings. The summed E-state index contributed by atoms with van der Waals surface area (Å²) in [4.78, 5) is 3.72. The van der Waals surface area contributed by atoms with Crippen LogP contribution >= 0.6 is 0 Å². The van der Waals surface area contributed by atoms with Crippen LogP contribution in [0.3, 0.4) is 0 Å². The van der Waals surface area contributed by atoms with Crippen molar-refractivity contribution in [3.63, 3.8) is 0 Å². The highest BCUT2D eigenvalue weighted by atomic mass is 19.4. The van der Waals surface area contributed by atoms with E-state index in [1.807, 2.05) is 0 Å². The molecule has 8 heteroatoms. The van der Waals surface area contributed by atoms with E-state index in [0.717, 1.165) is 24.3 Å². The van der Waals surface area contributed by atoms with E-state index >= 15 is 0 Å². The number of aliphatic hydroxyl groups is 2. The van der Waals surface area contributed by atoms with Gasteiger partial charge in [-0.05, 0) is 24.6 Å². The molecule has 0 spiro atoms. The van der Waals surface area contributed by atoms with Gasteiger partial charge in [0.2, 0.25) is 0 Å². The SMILES string of the molecule is C[C@@H](O)[C@](O)(Cn1cncn1)c1ccc(C(F)(F)F)cc1. The van der Waals surface area contributed by atoms with Crippen LogP contribution < -0.4 is 0 Å². The van der Waals surface area contributed by atoms with Gasteiger partial charge < -0.3 is 10.2 Å². The molecule has 2 aromatic rings. The molecule has 0 aliphatic carbocycles. The normalized spacial score (nSPS) is 16.5. The molecule has 0 saturated carbocycles. The van der Waals surface area contributed by atoms with Crippen LogP contribution in [0.2, 0.25) is 0 Å². The molecule has 1 heterocycles. The summed E-state index contributed by atoms with van der Waals surface area (Å²) in [5.74, 6) is 0. The number of hydrogen-bond acceptors (Lipinski definition) is 4. The molecule has 2 N–H and O–H groups in total. The van der Waals surface area contributed by atoms with Crippen molar-refractivity contribution in [2.24, 2.45) is 0 Å². The van der Waals surface area contributed by atoms with Crippen LogP contribution in [-0.4, -0.2) is 31.1 Å². The third-order valence-corrected chi connectivity index (χ3v) is 3.27. The summed E-state index contributed by atoms with van der Waals surface area (Å²) >= 11 is 0. The van der Waals surface area contributed by atoms with Gasteiger partial charge >= 0.3 is 6.18 Å². The van der Waals surface area contributed by atoms with E-state index in [9.17, 15) is 23.4 Å². The Labute approximate surface area is 118 Å². The number of aromatic nitrogens is 3. The molecular weight excluding hydrogens is 287 g/mol. The minimum atomic E-state index is -4.45. The summed E-state index contributed by atoms with van der Waals surface area (Å²) in [6.45, 7) is 1.23. The van der Waals surface area contributed by atoms with E-state index in [2.05, 4.69) is 10.1 Å². The summed E-state index contributed by atoms with van der Waals surface area (Å²) in [6, 6.07) is 4.02. The lowest BCUT2D eigenvalue weighted by Gasteiger charge is -2.31. The van der Waals surface area contributed by atoms with Crippen molar-refractivity contribution in [1.29, 1.82) is 0 Å². The zero-order chi connectivity index (χ0) is 15.7. The van der Waals surface area contributed by atoms with E-state index in [1.54, 1.807) is 0 Å². The second kappa shape index (κ2) is 5.45. The highest BCUT2D eigenvalue weighted by Gasteiger charge is 2.37. The summed E-state index contributed by atoms with van der Waals surface area (Å²) in [5, 5.41) is 24.2. The topological polar surface area (TPSA) is 71.2 Å². The van der Waals surface area contributed by atoms with Gasteiger partial charge in [0.15, 0.2) is 0 Å². The average Bonchev–Trinajstić information content (AvgIpc) is 2.90. The fourth-order valence-electron chi connectivity index (χ4n) is 1.97. The summed E-state index contributed by atoms with van der Waals surface area (Å²) in [6.07, 6.45) is -3.06. The van der Waals surface area contributed by atoms with Crippen molar-refractivity contribution >= 4 is 0 Å². The van der Waals surface area contributed by atoms with E-state index in [4.69, 9.17) is 0 Å². The zero-order valence-corrected chi connectivity index (χ0v) is 11.1. The highest BCUT2D eigenvalue weighted by Crippen LogP contribution is 2.32. The lowest BCUT2D eigenvalue weighted by Crippen LogP contribution is -2.42. The largest absolute Gasteiger partial charge is 0.416 e. The Balaban J connectivity index is 2.34. The fraction of sp³-hybridized carbons (Fsp3) is 0.385. The minimum Gasteiger partial charge on any atom is -0.390 e. The van der Waals surface area contributed by atoms with Crippen LogP contribution in [0.5, 0.6) is 0 Å². The molecule has 0 amide bonds. The predicted molar refractivity (Wildman–Crippen MR) is 67.0 cm³/mol. The standard InChI is InChI=1S/C13H14F3N3O2/c1-9(20)12(21,6-19-8-17-7-18-19)10-2-4-11(5-3-10)13(14,15)16/h2-5,7-9,20-21H,6H2,1H3/t9-,12-/m1/s1. The first-order chi connectivity index (χ1) is 9.73. The number of rotatable bonds is 4. The Bertz CT molecular complexity index is 582. The van der Waals surface area contributed by atoms with Crippen LogP contribution in [0.25, 0.3) is 0 Å². The molecule has 114 valence electrons. The monoisotopic (exact) mass is 301 g/mol. The molecule has 21 heavy (non-hydrogen) atoms. The molecule has 0 radical (unpaired) electrons. The molecule has 1 aromatic heterocycles. The third-order valence-electron chi connectivity index (χ3n) is 3.27. The first kappa shape index (κ1) is 15.5. The zero-order valence-electron chi connectivity index (χ0n) is 11.1. The Morgan fingerprint density at radius 3 is 2.19 bits per heavy atom. The van der Waals surface area contributed by atoms with Gasteiger partial charge in [0.05, 0.1) is 18.2 Å². The highest BCUT2D eigenvalue weighted by molar-refractivity contribution is 5.29. The van der Waals surface area contributed by atoms with Crippen LogP contribution in [0, 0.1) is 0 Å². The lowest BCUT2D eigenvalue weighted by molar-refractivity contribution is -0.137. The number of aliphatic hydroxyl groups excluding tert-OH is 1. The molecular formula is C13H14F3N3O2. The minimum absolute atomic E-state index is 0.129. The van der Waals surface area contributed by atoms with Gasteiger partial charge in [-0.25, -0.2) is 9.67 Å². The Morgan fingerprint density at radius 2 is 1.76 bits per heavy atom. The van der Waals surface area contributed by atoms with Gasteiger partial charge in [-0.2, -0.15) is 18.3 Å². The van der Waals surface area contributed by atoms with Crippen LogP contribution in [0.4, 0.5) is 13.2 Å². The Kier molecular flexibility index (Phi) is 4.02. The number of nitrogens with zero attached hydrogens (tertiary/aromatic N) is 3. The average molecular weight is 301 g/mol. The van der Waals surface area contributed by atoms with Gasteiger partial charge in [0.25, 0.3) is 0 Å². The van der Waals surface area contributed by atoms with E-state index in [0.29, 0.717) is 0 Å². The third kappa shape index (κ3) is 3.22. The van der Waals surface area contributed by atoms with Crippen molar-refractivity contribution in [1.82, 2.24) is 14.8 Å². The number of alkyl halides is 3. The molecule has 0 unspecified atom stereocenters. The number of benzene rings is 1. The Hall–Kier alpha value is -1.93. The summed E-state index contributed by atoms with van der Waals surface area (Å²) < 4.78 is 38.9. The van der Waals surface area contributed by atoms with Crippen molar-refractivity contribution in [3.8, 4) is 0 Å². The lowest BCUT2D eigenvalue weighted by atomic mass is 9.88. The molecule has 0 saturated heterocycles. The van der Waals surface area contributed by atoms with Crippen LogP contribution in [0.1, 0.15) is 18.1 Å². The molecule has 2 rings (SSSR count). The van der Waals surface area contributed by atoms with Gasteiger partial charge in [0, 0.05) is 0 Å². The predicted octanol–water partition coefficient (Wildman–Crippen LogP) is 1.57. The smallest absolute Gasteiger partial charge is 0.390 e. The number of hydrogen-bond donors (Lipinski definition) is 2. The van der Waals surface area contributed by atoms with Gasteiger partial charge in [-0.1, -0.05) is 12.1 Å². The van der Waals surface area contributed by atoms with Gasteiger partial charge in [-0.3, -0.25) is 0 Å². The summed E-state index contributed by atoms with van der Waals surface area (Å²) in [7, 11) is 0. The second-order valence-corrected chi connectivity index (χ2v) is 4.77. The fourth-order valence-corrected chi connectivity index (χ4v) is 1.97. The van der Waals surface area contributed by atoms with Crippen molar-refractivity contribution in [2.75, 3.05) is 0 Å². The number of halogens is 3. The molecule has 0 aliphatic rings. The second-order valence-electron chi connectivity index (χ2n) is 4.77. The molecule has 5 nitrogen and oxygen atoms in total. The maximum absolute atomic E-state index is 12.5. The summed E-state index contributed by atoms with van der Waals surface area (Å²) in [5.41, 5.74) is -2.42. The van der Waals surface area contributed by atoms with Crippen molar-refractivity contribution < 1.29 is 23.4 Å².